The summed E-state index contributed by atoms with van der Waals surface area (Å²) in [5.74, 6) is 1.95. The van der Waals surface area contributed by atoms with E-state index in [1.807, 2.05) is 12.4 Å². The lowest BCUT2D eigenvalue weighted by Crippen LogP contribution is -2.56. The summed E-state index contributed by atoms with van der Waals surface area (Å²) in [5.41, 5.74) is 0. The smallest absolute Gasteiger partial charge is 0.109 e. The van der Waals surface area contributed by atoms with Gasteiger partial charge in [0.15, 0.2) is 0 Å². The zero-order chi connectivity index (χ0) is 13.8. The topological polar surface area (TPSA) is 33.1 Å². The van der Waals surface area contributed by atoms with Gasteiger partial charge in [-0.25, -0.2) is 4.98 Å². The van der Waals surface area contributed by atoms with Crippen molar-refractivity contribution < 1.29 is 0 Å². The van der Waals surface area contributed by atoms with E-state index in [-0.39, 0.29) is 0 Å². The molecule has 1 aliphatic heterocycles. The molecule has 0 bridgehead atoms. The highest BCUT2D eigenvalue weighted by atomic mass is 15.2. The zero-order valence-electron chi connectivity index (χ0n) is 12.8. The van der Waals surface area contributed by atoms with Gasteiger partial charge in [-0.05, 0) is 19.3 Å². The van der Waals surface area contributed by atoms with E-state index in [1.54, 1.807) is 0 Å². The van der Waals surface area contributed by atoms with Crippen LogP contribution in [-0.2, 0) is 13.5 Å². The molecule has 0 aromatic carbocycles. The van der Waals surface area contributed by atoms with Crippen LogP contribution in [0.15, 0.2) is 12.4 Å². The van der Waals surface area contributed by atoms with Crippen LogP contribution >= 0.6 is 0 Å². The number of hydrogen-bond donors (Lipinski definition) is 1. The maximum absolute atomic E-state index is 4.41. The number of hydrogen-bond acceptors (Lipinski definition) is 3. The first-order valence-electron chi connectivity index (χ1n) is 7.50. The third-order valence-electron chi connectivity index (χ3n) is 4.08. The predicted molar refractivity (Wildman–Crippen MR) is 79.2 cm³/mol. The molecule has 0 aliphatic carbocycles. The van der Waals surface area contributed by atoms with Crippen molar-refractivity contribution in [1.82, 2.24) is 19.8 Å². The lowest BCUT2D eigenvalue weighted by atomic mass is 10.00. The highest BCUT2D eigenvalue weighted by Crippen LogP contribution is 2.13. The van der Waals surface area contributed by atoms with E-state index < -0.39 is 0 Å². The van der Waals surface area contributed by atoms with E-state index in [0.717, 1.165) is 25.4 Å². The van der Waals surface area contributed by atoms with Gasteiger partial charge in [0, 0.05) is 57.6 Å². The number of piperazine rings is 1. The minimum Gasteiger partial charge on any atom is -0.338 e. The van der Waals surface area contributed by atoms with E-state index in [1.165, 1.54) is 18.8 Å². The number of rotatable bonds is 5. The van der Waals surface area contributed by atoms with Crippen LogP contribution in [-0.4, -0.2) is 46.2 Å². The number of nitrogens with zero attached hydrogens (tertiary/aromatic N) is 3. The van der Waals surface area contributed by atoms with Gasteiger partial charge in [0.2, 0.25) is 0 Å². The molecular formula is C15H28N4. The quantitative estimate of drug-likeness (QED) is 0.878. The summed E-state index contributed by atoms with van der Waals surface area (Å²) in [4.78, 5) is 7.02. The second-order valence-electron chi connectivity index (χ2n) is 6.28. The van der Waals surface area contributed by atoms with E-state index in [9.17, 15) is 0 Å². The van der Waals surface area contributed by atoms with Crippen molar-refractivity contribution in [3.8, 4) is 0 Å². The lowest BCUT2D eigenvalue weighted by molar-refractivity contribution is 0.132. The van der Waals surface area contributed by atoms with Crippen molar-refractivity contribution in [2.45, 2.75) is 45.7 Å². The second kappa shape index (κ2) is 6.53. The molecule has 0 spiro atoms. The van der Waals surface area contributed by atoms with Crippen LogP contribution in [0.4, 0.5) is 0 Å². The molecule has 2 atom stereocenters. The monoisotopic (exact) mass is 264 g/mol. The Morgan fingerprint density at radius 3 is 2.89 bits per heavy atom. The Hall–Kier alpha value is -0.870. The highest BCUT2D eigenvalue weighted by molar-refractivity contribution is 4.93. The minimum atomic E-state index is 0.628. The molecule has 0 amide bonds. The molecule has 19 heavy (non-hydrogen) atoms. The van der Waals surface area contributed by atoms with E-state index in [2.05, 4.69) is 47.6 Å². The summed E-state index contributed by atoms with van der Waals surface area (Å²) in [6, 6.07) is 1.28. The highest BCUT2D eigenvalue weighted by Gasteiger charge is 2.25. The summed E-state index contributed by atoms with van der Waals surface area (Å²) in [7, 11) is 2.07. The van der Waals surface area contributed by atoms with Gasteiger partial charge in [0.1, 0.15) is 5.82 Å². The minimum absolute atomic E-state index is 0.628. The van der Waals surface area contributed by atoms with Crippen LogP contribution in [0.2, 0.25) is 0 Å². The van der Waals surface area contributed by atoms with Gasteiger partial charge in [-0.15, -0.1) is 0 Å². The third-order valence-corrected chi connectivity index (χ3v) is 4.08. The van der Waals surface area contributed by atoms with Crippen LogP contribution in [0.25, 0.3) is 0 Å². The molecular weight excluding hydrogens is 236 g/mol. The van der Waals surface area contributed by atoms with Crippen molar-refractivity contribution in [2.24, 2.45) is 13.0 Å². The van der Waals surface area contributed by atoms with Crippen molar-refractivity contribution in [1.29, 1.82) is 0 Å². The molecule has 108 valence electrons. The molecule has 1 fully saturated rings. The van der Waals surface area contributed by atoms with Gasteiger partial charge in [-0.3, -0.25) is 4.90 Å². The molecule has 0 saturated carbocycles. The van der Waals surface area contributed by atoms with Crippen LogP contribution in [0.5, 0.6) is 0 Å². The molecule has 1 aliphatic rings. The first-order chi connectivity index (χ1) is 9.06. The molecule has 2 heterocycles. The van der Waals surface area contributed by atoms with Gasteiger partial charge in [0.05, 0.1) is 0 Å². The fraction of sp³-hybridized carbons (Fsp3) is 0.800. The summed E-state index contributed by atoms with van der Waals surface area (Å²) < 4.78 is 2.12. The largest absolute Gasteiger partial charge is 0.338 e. The Kier molecular flexibility index (Phi) is 4.99. The van der Waals surface area contributed by atoms with Crippen LogP contribution in [0.1, 0.15) is 33.0 Å². The summed E-state index contributed by atoms with van der Waals surface area (Å²) >= 11 is 0. The molecule has 0 radical (unpaired) electrons. The lowest BCUT2D eigenvalue weighted by Gasteiger charge is -2.39. The number of nitrogens with one attached hydrogen (secondary N) is 1. The molecule has 4 heteroatoms. The van der Waals surface area contributed by atoms with Crippen LogP contribution in [0.3, 0.4) is 0 Å². The Bertz CT molecular complexity index is 385. The van der Waals surface area contributed by atoms with Crippen molar-refractivity contribution in [2.75, 3.05) is 19.6 Å². The third kappa shape index (κ3) is 4.05. The van der Waals surface area contributed by atoms with Gasteiger partial charge in [0.25, 0.3) is 0 Å². The van der Waals surface area contributed by atoms with E-state index in [0.29, 0.717) is 12.1 Å². The SMILES string of the molecule is CC(C)CC1CN(CCc2nccn2C)C(C)CN1. The fourth-order valence-electron chi connectivity index (χ4n) is 2.91. The van der Waals surface area contributed by atoms with Crippen LogP contribution < -0.4 is 5.32 Å². The van der Waals surface area contributed by atoms with Crippen molar-refractivity contribution >= 4 is 0 Å². The maximum atomic E-state index is 4.41. The first-order valence-corrected chi connectivity index (χ1v) is 7.50. The zero-order valence-corrected chi connectivity index (χ0v) is 12.8. The summed E-state index contributed by atoms with van der Waals surface area (Å²) in [6.45, 7) is 10.3. The molecule has 2 unspecified atom stereocenters. The molecule has 1 aromatic heterocycles. The number of aromatic nitrogens is 2. The molecule has 1 aromatic rings. The first kappa shape index (κ1) is 14.5. The van der Waals surface area contributed by atoms with Crippen LogP contribution in [0, 0.1) is 5.92 Å². The average Bonchev–Trinajstić information content (AvgIpc) is 2.75. The van der Waals surface area contributed by atoms with Gasteiger partial charge >= 0.3 is 0 Å². The van der Waals surface area contributed by atoms with Gasteiger partial charge in [-0.2, -0.15) is 0 Å². The Balaban J connectivity index is 1.85. The average molecular weight is 264 g/mol. The molecule has 4 nitrogen and oxygen atoms in total. The normalized spacial score (nSPS) is 25.1. The van der Waals surface area contributed by atoms with E-state index in [4.69, 9.17) is 0 Å². The predicted octanol–water partition coefficient (Wildman–Crippen LogP) is 1.67. The number of imidazole rings is 1. The van der Waals surface area contributed by atoms with Gasteiger partial charge in [-0.1, -0.05) is 13.8 Å². The van der Waals surface area contributed by atoms with E-state index >= 15 is 0 Å². The molecule has 1 N–H and O–H groups in total. The Morgan fingerprint density at radius 1 is 1.47 bits per heavy atom. The van der Waals surface area contributed by atoms with Crippen molar-refractivity contribution in [3.63, 3.8) is 0 Å². The Labute approximate surface area is 117 Å². The second-order valence-corrected chi connectivity index (χ2v) is 6.28. The fourth-order valence-corrected chi connectivity index (χ4v) is 2.91. The maximum Gasteiger partial charge on any atom is 0.109 e. The summed E-state index contributed by atoms with van der Waals surface area (Å²) in [6.07, 6.45) is 6.23. The van der Waals surface area contributed by atoms with Gasteiger partial charge < -0.3 is 9.88 Å². The Morgan fingerprint density at radius 2 is 2.26 bits per heavy atom. The number of aryl methyl sites for hydroxylation is 1. The summed E-state index contributed by atoms with van der Waals surface area (Å²) in [5, 5.41) is 3.67. The molecule has 1 saturated heterocycles. The standard InChI is InChI=1S/C15H28N4/c1-12(2)9-14-11-19(13(3)10-17-14)7-5-15-16-6-8-18(15)4/h6,8,12-14,17H,5,7,9-11H2,1-4H3. The molecule has 2 rings (SSSR count). The van der Waals surface area contributed by atoms with Crippen molar-refractivity contribution in [3.05, 3.63) is 18.2 Å².